The average molecular weight is 284 g/mol. The van der Waals surface area contributed by atoms with Crippen LogP contribution in [0.3, 0.4) is 0 Å². The second-order valence-corrected chi connectivity index (χ2v) is 5.23. The summed E-state index contributed by atoms with van der Waals surface area (Å²) >= 11 is 0. The van der Waals surface area contributed by atoms with Crippen LogP contribution < -0.4 is 15.4 Å². The first kappa shape index (κ1) is 15.4. The summed E-state index contributed by atoms with van der Waals surface area (Å²) in [7, 11) is 3.78. The van der Waals surface area contributed by atoms with Gasteiger partial charge in [0.2, 0.25) is 0 Å². The van der Waals surface area contributed by atoms with E-state index < -0.39 is 0 Å². The molecule has 0 aliphatic rings. The van der Waals surface area contributed by atoms with Crippen molar-refractivity contribution in [2.75, 3.05) is 25.6 Å². The van der Waals surface area contributed by atoms with E-state index in [1.54, 1.807) is 7.11 Å². The van der Waals surface area contributed by atoms with E-state index in [-0.39, 0.29) is 0 Å². The molecule has 1 atom stereocenters. The molecule has 0 saturated carbocycles. The second kappa shape index (κ2) is 7.70. The molecule has 0 aromatic heterocycles. The fraction of sp³-hybridized carbons (Fsp3) is 0.333. The Morgan fingerprint density at radius 2 is 1.86 bits per heavy atom. The number of hydrogen-bond acceptors (Lipinski definition) is 3. The molecule has 112 valence electrons. The molecule has 0 aliphatic carbocycles. The molecule has 0 aliphatic heterocycles. The summed E-state index contributed by atoms with van der Waals surface area (Å²) < 4.78 is 5.29. The van der Waals surface area contributed by atoms with Crippen LogP contribution in [0.15, 0.2) is 54.6 Å². The van der Waals surface area contributed by atoms with Gasteiger partial charge < -0.3 is 15.4 Å². The molecule has 2 aromatic carbocycles. The highest BCUT2D eigenvalue weighted by molar-refractivity contribution is 5.51. The minimum Gasteiger partial charge on any atom is -0.497 e. The molecule has 0 amide bonds. The molecule has 0 heterocycles. The number of ether oxygens (including phenoxy) is 1. The van der Waals surface area contributed by atoms with Gasteiger partial charge in [-0.25, -0.2) is 0 Å². The Morgan fingerprint density at radius 1 is 1.10 bits per heavy atom. The SMILES string of the molecule is COc1cccc(N(C)C(CN)CCc2ccccc2)c1. The predicted molar refractivity (Wildman–Crippen MR) is 89.0 cm³/mol. The second-order valence-electron chi connectivity index (χ2n) is 5.23. The quantitative estimate of drug-likeness (QED) is 0.849. The zero-order valence-electron chi connectivity index (χ0n) is 12.8. The number of hydrogen-bond donors (Lipinski definition) is 1. The Labute approximate surface area is 127 Å². The summed E-state index contributed by atoms with van der Waals surface area (Å²) in [5.41, 5.74) is 8.47. The Kier molecular flexibility index (Phi) is 5.64. The summed E-state index contributed by atoms with van der Waals surface area (Å²) in [6.07, 6.45) is 2.07. The number of rotatable bonds is 7. The number of methoxy groups -OCH3 is 1. The first-order chi connectivity index (χ1) is 10.2. The van der Waals surface area contributed by atoms with E-state index in [2.05, 4.69) is 42.3 Å². The molecule has 0 radical (unpaired) electrons. The summed E-state index contributed by atoms with van der Waals surface area (Å²) in [5.74, 6) is 0.873. The Hall–Kier alpha value is -2.00. The first-order valence-corrected chi connectivity index (χ1v) is 7.35. The van der Waals surface area contributed by atoms with Gasteiger partial charge in [0.25, 0.3) is 0 Å². The number of anilines is 1. The molecule has 0 spiro atoms. The molecule has 1 unspecified atom stereocenters. The fourth-order valence-electron chi connectivity index (χ4n) is 2.49. The van der Waals surface area contributed by atoms with Crippen LogP contribution in [-0.2, 0) is 6.42 Å². The third-order valence-corrected chi connectivity index (χ3v) is 3.89. The standard InChI is InChI=1S/C18H24N2O/c1-20(16-9-6-10-18(13-16)21-2)17(14-19)12-11-15-7-4-3-5-8-15/h3-10,13,17H,11-12,14,19H2,1-2H3. The molecule has 0 saturated heterocycles. The van der Waals surface area contributed by atoms with Crippen LogP contribution in [0.25, 0.3) is 0 Å². The Balaban J connectivity index is 2.02. The monoisotopic (exact) mass is 284 g/mol. The van der Waals surface area contributed by atoms with Crippen LogP contribution in [0.5, 0.6) is 5.75 Å². The van der Waals surface area contributed by atoms with Gasteiger partial charge in [-0.1, -0.05) is 36.4 Å². The lowest BCUT2D eigenvalue weighted by atomic mass is 10.0. The lowest BCUT2D eigenvalue weighted by Gasteiger charge is -2.29. The van der Waals surface area contributed by atoms with Crippen molar-refractivity contribution in [2.45, 2.75) is 18.9 Å². The van der Waals surface area contributed by atoms with Crippen LogP contribution in [-0.4, -0.2) is 26.7 Å². The molecule has 21 heavy (non-hydrogen) atoms. The topological polar surface area (TPSA) is 38.5 Å². The van der Waals surface area contributed by atoms with E-state index in [9.17, 15) is 0 Å². The third kappa shape index (κ3) is 4.23. The average Bonchev–Trinajstić information content (AvgIpc) is 2.56. The smallest absolute Gasteiger partial charge is 0.120 e. The Bertz CT molecular complexity index is 542. The van der Waals surface area contributed by atoms with Crippen LogP contribution in [0.4, 0.5) is 5.69 Å². The van der Waals surface area contributed by atoms with Crippen molar-refractivity contribution in [3.63, 3.8) is 0 Å². The van der Waals surface area contributed by atoms with Crippen molar-refractivity contribution in [3.05, 3.63) is 60.2 Å². The van der Waals surface area contributed by atoms with Gasteiger partial charge in [0.1, 0.15) is 5.75 Å². The van der Waals surface area contributed by atoms with Gasteiger partial charge >= 0.3 is 0 Å². The molecule has 0 fully saturated rings. The normalized spacial score (nSPS) is 12.0. The van der Waals surface area contributed by atoms with Gasteiger partial charge in [-0.2, -0.15) is 0 Å². The zero-order valence-corrected chi connectivity index (χ0v) is 12.8. The van der Waals surface area contributed by atoms with E-state index in [0.29, 0.717) is 12.6 Å². The van der Waals surface area contributed by atoms with Crippen molar-refractivity contribution in [1.82, 2.24) is 0 Å². The minimum atomic E-state index is 0.317. The van der Waals surface area contributed by atoms with E-state index in [4.69, 9.17) is 10.5 Å². The first-order valence-electron chi connectivity index (χ1n) is 7.35. The zero-order chi connectivity index (χ0) is 15.1. The molecule has 2 N–H and O–H groups in total. The molecule has 0 bridgehead atoms. The van der Waals surface area contributed by atoms with Crippen molar-refractivity contribution in [1.29, 1.82) is 0 Å². The van der Waals surface area contributed by atoms with Gasteiger partial charge in [0.15, 0.2) is 0 Å². The predicted octanol–water partition coefficient (Wildman–Crippen LogP) is 3.09. The van der Waals surface area contributed by atoms with Gasteiger partial charge in [-0.05, 0) is 30.5 Å². The van der Waals surface area contributed by atoms with Gasteiger partial charge in [0, 0.05) is 31.4 Å². The van der Waals surface area contributed by atoms with Crippen LogP contribution in [0.1, 0.15) is 12.0 Å². The van der Waals surface area contributed by atoms with E-state index in [0.717, 1.165) is 24.3 Å². The summed E-state index contributed by atoms with van der Waals surface area (Å²) in [6.45, 7) is 0.639. The highest BCUT2D eigenvalue weighted by atomic mass is 16.5. The minimum absolute atomic E-state index is 0.317. The number of nitrogens with two attached hydrogens (primary N) is 1. The van der Waals surface area contributed by atoms with Crippen molar-refractivity contribution < 1.29 is 4.74 Å². The number of aryl methyl sites for hydroxylation is 1. The Morgan fingerprint density at radius 3 is 2.52 bits per heavy atom. The van der Waals surface area contributed by atoms with Gasteiger partial charge in [-0.3, -0.25) is 0 Å². The fourth-order valence-corrected chi connectivity index (χ4v) is 2.49. The lowest BCUT2D eigenvalue weighted by Crippen LogP contribution is -2.38. The van der Waals surface area contributed by atoms with E-state index >= 15 is 0 Å². The summed E-state index contributed by atoms with van der Waals surface area (Å²) in [4.78, 5) is 2.24. The summed E-state index contributed by atoms with van der Waals surface area (Å²) in [6, 6.07) is 19.0. The maximum Gasteiger partial charge on any atom is 0.120 e. The van der Waals surface area contributed by atoms with Crippen molar-refractivity contribution >= 4 is 5.69 Å². The maximum absolute atomic E-state index is 5.97. The summed E-state index contributed by atoms with van der Waals surface area (Å²) in [5, 5.41) is 0. The molecule has 3 nitrogen and oxygen atoms in total. The van der Waals surface area contributed by atoms with E-state index in [1.165, 1.54) is 5.56 Å². The van der Waals surface area contributed by atoms with E-state index in [1.807, 2.05) is 24.3 Å². The van der Waals surface area contributed by atoms with Crippen LogP contribution >= 0.6 is 0 Å². The molecule has 3 heteroatoms. The van der Waals surface area contributed by atoms with Crippen molar-refractivity contribution in [3.8, 4) is 5.75 Å². The van der Waals surface area contributed by atoms with Gasteiger partial charge in [-0.15, -0.1) is 0 Å². The molecule has 2 rings (SSSR count). The number of nitrogens with zero attached hydrogens (tertiary/aromatic N) is 1. The molecule has 2 aromatic rings. The molecular weight excluding hydrogens is 260 g/mol. The number of likely N-dealkylation sites (N-methyl/N-ethyl adjacent to an activating group) is 1. The highest BCUT2D eigenvalue weighted by Crippen LogP contribution is 2.22. The largest absolute Gasteiger partial charge is 0.497 e. The van der Waals surface area contributed by atoms with Crippen LogP contribution in [0.2, 0.25) is 0 Å². The molecular formula is C18H24N2O. The van der Waals surface area contributed by atoms with Crippen LogP contribution in [0, 0.1) is 0 Å². The highest BCUT2D eigenvalue weighted by Gasteiger charge is 2.14. The maximum atomic E-state index is 5.97. The lowest BCUT2D eigenvalue weighted by molar-refractivity contribution is 0.414. The third-order valence-electron chi connectivity index (χ3n) is 3.89. The van der Waals surface area contributed by atoms with Gasteiger partial charge in [0.05, 0.1) is 7.11 Å². The van der Waals surface area contributed by atoms with Crippen molar-refractivity contribution in [2.24, 2.45) is 5.73 Å². The number of benzene rings is 2.